The van der Waals surface area contributed by atoms with Gasteiger partial charge < -0.3 is 10.2 Å². The van der Waals surface area contributed by atoms with Gasteiger partial charge in [0.2, 0.25) is 5.91 Å². The Morgan fingerprint density at radius 3 is 2.39 bits per heavy atom. The zero-order valence-corrected chi connectivity index (χ0v) is 13.9. The van der Waals surface area contributed by atoms with Crippen LogP contribution >= 0.6 is 0 Å². The van der Waals surface area contributed by atoms with Crippen molar-refractivity contribution in [2.45, 2.75) is 32.1 Å². The minimum absolute atomic E-state index is 0.0238. The van der Waals surface area contributed by atoms with E-state index in [1.165, 1.54) is 6.42 Å². The molecule has 1 aromatic carbocycles. The Hall–Kier alpha value is -2.28. The summed E-state index contributed by atoms with van der Waals surface area (Å²) in [6.45, 7) is 0.369. The Morgan fingerprint density at radius 1 is 1.13 bits per heavy atom. The maximum absolute atomic E-state index is 12.0. The lowest BCUT2D eigenvalue weighted by Gasteiger charge is -2.19. The highest BCUT2D eigenvalue weighted by molar-refractivity contribution is 5.93. The van der Waals surface area contributed by atoms with E-state index in [4.69, 9.17) is 0 Å². The van der Waals surface area contributed by atoms with Crippen LogP contribution in [0.4, 0.5) is 0 Å². The van der Waals surface area contributed by atoms with Crippen LogP contribution in [0, 0.1) is 17.8 Å². The van der Waals surface area contributed by atoms with Gasteiger partial charge in [0, 0.05) is 31.1 Å². The summed E-state index contributed by atoms with van der Waals surface area (Å²) in [6.07, 6.45) is 5.56. The lowest BCUT2D eigenvalue weighted by molar-refractivity contribution is -0.125. The number of carbonyl (C=O) groups is 2. The average molecular weight is 312 g/mol. The van der Waals surface area contributed by atoms with Crippen LogP contribution in [0.5, 0.6) is 0 Å². The number of benzene rings is 1. The molecule has 0 bridgehead atoms. The van der Waals surface area contributed by atoms with Gasteiger partial charge in [-0.3, -0.25) is 9.59 Å². The largest absolute Gasteiger partial charge is 0.345 e. The fourth-order valence-corrected chi connectivity index (χ4v) is 2.74. The molecule has 0 unspecified atom stereocenters. The number of rotatable bonds is 3. The summed E-state index contributed by atoms with van der Waals surface area (Å²) in [5.74, 6) is 6.25. The number of nitrogens with zero attached hydrogens (tertiary/aromatic N) is 1. The quantitative estimate of drug-likeness (QED) is 0.872. The van der Waals surface area contributed by atoms with Gasteiger partial charge in [0.25, 0.3) is 5.91 Å². The second kappa shape index (κ2) is 8.38. The third kappa shape index (κ3) is 5.14. The lowest BCUT2D eigenvalue weighted by atomic mass is 9.89. The zero-order valence-electron chi connectivity index (χ0n) is 13.9. The molecule has 0 aromatic heterocycles. The molecule has 0 aliphatic heterocycles. The average Bonchev–Trinajstić information content (AvgIpc) is 2.59. The molecular weight excluding hydrogens is 288 g/mol. The Balaban J connectivity index is 1.82. The molecule has 2 amide bonds. The van der Waals surface area contributed by atoms with Gasteiger partial charge in [-0.1, -0.05) is 31.1 Å². The fraction of sp³-hybridized carbons (Fsp3) is 0.474. The van der Waals surface area contributed by atoms with Crippen LogP contribution in [0.15, 0.2) is 24.3 Å². The van der Waals surface area contributed by atoms with E-state index in [9.17, 15) is 9.59 Å². The van der Waals surface area contributed by atoms with E-state index in [1.54, 1.807) is 31.1 Å². The van der Waals surface area contributed by atoms with Crippen molar-refractivity contribution in [3.05, 3.63) is 35.4 Å². The molecule has 1 aliphatic rings. The molecule has 4 nitrogen and oxygen atoms in total. The van der Waals surface area contributed by atoms with Crippen LogP contribution in [-0.2, 0) is 4.79 Å². The molecule has 1 fully saturated rings. The molecular formula is C19H24N2O2. The van der Waals surface area contributed by atoms with Gasteiger partial charge in [-0.25, -0.2) is 0 Å². The molecule has 0 radical (unpaired) electrons. The highest BCUT2D eigenvalue weighted by Gasteiger charge is 2.20. The van der Waals surface area contributed by atoms with E-state index >= 15 is 0 Å². The third-order valence-corrected chi connectivity index (χ3v) is 4.10. The first-order chi connectivity index (χ1) is 11.1. The van der Waals surface area contributed by atoms with Crippen molar-refractivity contribution >= 4 is 11.8 Å². The topological polar surface area (TPSA) is 49.4 Å². The normalized spacial score (nSPS) is 14.5. The van der Waals surface area contributed by atoms with E-state index in [2.05, 4.69) is 17.2 Å². The molecule has 4 heteroatoms. The Labute approximate surface area is 138 Å². The molecule has 1 saturated carbocycles. The van der Waals surface area contributed by atoms with Crippen molar-refractivity contribution in [1.82, 2.24) is 10.2 Å². The Kier molecular flexibility index (Phi) is 6.22. The van der Waals surface area contributed by atoms with Crippen molar-refractivity contribution in [1.29, 1.82) is 0 Å². The summed E-state index contributed by atoms with van der Waals surface area (Å²) >= 11 is 0. The van der Waals surface area contributed by atoms with Crippen molar-refractivity contribution in [3.63, 3.8) is 0 Å². The summed E-state index contributed by atoms with van der Waals surface area (Å²) in [5, 5.41) is 2.89. The minimum Gasteiger partial charge on any atom is -0.345 e. The first-order valence-corrected chi connectivity index (χ1v) is 8.16. The van der Waals surface area contributed by atoms with Crippen LogP contribution in [-0.4, -0.2) is 37.4 Å². The predicted octanol–water partition coefficient (Wildman–Crippen LogP) is 2.44. The predicted molar refractivity (Wildman–Crippen MR) is 90.9 cm³/mol. The summed E-state index contributed by atoms with van der Waals surface area (Å²) in [5.41, 5.74) is 1.48. The molecule has 0 atom stereocenters. The summed E-state index contributed by atoms with van der Waals surface area (Å²) < 4.78 is 0. The second-order valence-electron chi connectivity index (χ2n) is 6.13. The van der Waals surface area contributed by atoms with E-state index in [0.717, 1.165) is 31.2 Å². The molecule has 1 N–H and O–H groups in total. The third-order valence-electron chi connectivity index (χ3n) is 4.10. The minimum atomic E-state index is -0.0238. The molecule has 1 aliphatic carbocycles. The molecule has 2 rings (SSSR count). The molecule has 23 heavy (non-hydrogen) atoms. The number of hydrogen-bond donors (Lipinski definition) is 1. The van der Waals surface area contributed by atoms with Crippen LogP contribution in [0.25, 0.3) is 0 Å². The van der Waals surface area contributed by atoms with E-state index < -0.39 is 0 Å². The second-order valence-corrected chi connectivity index (χ2v) is 6.13. The van der Waals surface area contributed by atoms with Gasteiger partial charge in [-0.2, -0.15) is 0 Å². The van der Waals surface area contributed by atoms with Crippen LogP contribution in [0.2, 0.25) is 0 Å². The van der Waals surface area contributed by atoms with Gasteiger partial charge in [0.15, 0.2) is 0 Å². The molecule has 0 heterocycles. The number of nitrogens with one attached hydrogen (secondary N) is 1. The van der Waals surface area contributed by atoms with E-state index in [1.807, 2.05) is 12.1 Å². The monoisotopic (exact) mass is 312 g/mol. The van der Waals surface area contributed by atoms with E-state index in [-0.39, 0.29) is 17.7 Å². The summed E-state index contributed by atoms with van der Waals surface area (Å²) in [7, 11) is 3.45. The molecule has 1 aromatic rings. The fourth-order valence-electron chi connectivity index (χ4n) is 2.74. The standard InChI is InChI=1S/C19H24N2O2/c1-21(2)19(23)17-12-10-15(11-13-17)7-6-14-20-18(22)16-8-4-3-5-9-16/h10-13,16H,3-5,8-9,14H2,1-2H3,(H,20,22). The van der Waals surface area contributed by atoms with Crippen molar-refractivity contribution in [2.24, 2.45) is 5.92 Å². The SMILES string of the molecule is CN(C)C(=O)c1ccc(C#CCNC(=O)C2CCCCC2)cc1. The maximum atomic E-state index is 12.0. The smallest absolute Gasteiger partial charge is 0.253 e. The first kappa shape index (κ1) is 17.1. The highest BCUT2D eigenvalue weighted by atomic mass is 16.2. The number of hydrogen-bond acceptors (Lipinski definition) is 2. The Morgan fingerprint density at radius 2 is 1.78 bits per heavy atom. The molecule has 0 saturated heterocycles. The lowest BCUT2D eigenvalue weighted by Crippen LogP contribution is -2.32. The van der Waals surface area contributed by atoms with Gasteiger partial charge in [-0.15, -0.1) is 0 Å². The maximum Gasteiger partial charge on any atom is 0.253 e. The highest BCUT2D eigenvalue weighted by Crippen LogP contribution is 2.23. The van der Waals surface area contributed by atoms with Crippen molar-refractivity contribution < 1.29 is 9.59 Å². The van der Waals surface area contributed by atoms with Crippen LogP contribution in [0.1, 0.15) is 48.0 Å². The molecule has 122 valence electrons. The molecule has 0 spiro atoms. The van der Waals surface area contributed by atoms with Crippen molar-refractivity contribution in [2.75, 3.05) is 20.6 Å². The Bertz CT molecular complexity index is 602. The van der Waals surface area contributed by atoms with Gasteiger partial charge in [0.05, 0.1) is 6.54 Å². The first-order valence-electron chi connectivity index (χ1n) is 8.16. The van der Waals surface area contributed by atoms with Crippen LogP contribution < -0.4 is 5.32 Å². The summed E-state index contributed by atoms with van der Waals surface area (Å²) in [6, 6.07) is 7.19. The van der Waals surface area contributed by atoms with Crippen molar-refractivity contribution in [3.8, 4) is 11.8 Å². The van der Waals surface area contributed by atoms with Crippen LogP contribution in [0.3, 0.4) is 0 Å². The number of carbonyl (C=O) groups excluding carboxylic acids is 2. The zero-order chi connectivity index (χ0) is 16.7. The van der Waals surface area contributed by atoms with Gasteiger partial charge >= 0.3 is 0 Å². The van der Waals surface area contributed by atoms with Gasteiger partial charge in [-0.05, 0) is 37.1 Å². The summed E-state index contributed by atoms with van der Waals surface area (Å²) in [4.78, 5) is 25.3. The van der Waals surface area contributed by atoms with Gasteiger partial charge in [0.1, 0.15) is 0 Å². The number of amides is 2. The van der Waals surface area contributed by atoms with E-state index in [0.29, 0.717) is 12.1 Å².